The van der Waals surface area contributed by atoms with Crippen molar-refractivity contribution < 1.29 is 0 Å². The second-order valence-electron chi connectivity index (χ2n) is 12.7. The summed E-state index contributed by atoms with van der Waals surface area (Å²) in [6.45, 7) is 13.4. The maximum atomic E-state index is 4.54. The first-order valence-corrected chi connectivity index (χ1v) is 14.5. The minimum atomic E-state index is 0.116. The molecule has 5 aromatic rings. The van der Waals surface area contributed by atoms with Gasteiger partial charge in [-0.15, -0.1) is 0 Å². The van der Waals surface area contributed by atoms with Crippen molar-refractivity contribution in [2.75, 3.05) is 0 Å². The molecule has 0 saturated heterocycles. The standard InChI is InChI=1S/C41H37N/c1-40(2,3)37-21-17-30(18-22-37)13-15-32-26-33(16-14-31-19-23-38(24-20-31)41(4,5)6)28-36(27-32)34-10-9-11-35(29-34)39-12-7-8-25-42-39/h7-12,17-29H,1-6H3. The molecule has 0 saturated carbocycles. The van der Waals surface area contributed by atoms with Gasteiger partial charge in [0.2, 0.25) is 0 Å². The van der Waals surface area contributed by atoms with E-state index in [2.05, 4.69) is 161 Å². The SMILES string of the molecule is CC(C)(C)c1ccc(C#Cc2cc(C#Cc3ccc(C(C)(C)C)cc3)cc(-c3cccc(-c4ccccn4)c3)c2)cc1. The number of aromatic nitrogens is 1. The van der Waals surface area contributed by atoms with Crippen LogP contribution in [-0.4, -0.2) is 4.98 Å². The minimum Gasteiger partial charge on any atom is -0.256 e. The quantitative estimate of drug-likeness (QED) is 0.202. The molecule has 0 fully saturated rings. The number of rotatable bonds is 2. The second-order valence-corrected chi connectivity index (χ2v) is 12.7. The molecule has 0 unspecified atom stereocenters. The molecule has 0 aliphatic carbocycles. The van der Waals surface area contributed by atoms with E-state index >= 15 is 0 Å². The van der Waals surface area contributed by atoms with Crippen LogP contribution in [0.15, 0.2) is 115 Å². The summed E-state index contributed by atoms with van der Waals surface area (Å²) >= 11 is 0. The Morgan fingerprint density at radius 2 is 0.929 bits per heavy atom. The van der Waals surface area contributed by atoms with Gasteiger partial charge >= 0.3 is 0 Å². The molecule has 206 valence electrons. The summed E-state index contributed by atoms with van der Waals surface area (Å²) in [6, 6.07) is 38.0. The number of pyridine rings is 1. The van der Waals surface area contributed by atoms with E-state index in [-0.39, 0.29) is 10.8 Å². The van der Waals surface area contributed by atoms with Crippen molar-refractivity contribution in [3.63, 3.8) is 0 Å². The van der Waals surface area contributed by atoms with E-state index in [0.717, 1.165) is 44.6 Å². The lowest BCUT2D eigenvalue weighted by Gasteiger charge is -2.18. The van der Waals surface area contributed by atoms with Crippen molar-refractivity contribution in [1.82, 2.24) is 4.98 Å². The Morgan fingerprint density at radius 3 is 1.40 bits per heavy atom. The van der Waals surface area contributed by atoms with Crippen LogP contribution in [0.25, 0.3) is 22.4 Å². The number of nitrogens with zero attached hydrogens (tertiary/aromatic N) is 1. The fourth-order valence-electron chi connectivity index (χ4n) is 4.73. The molecular formula is C41H37N. The van der Waals surface area contributed by atoms with E-state index in [4.69, 9.17) is 0 Å². The highest BCUT2D eigenvalue weighted by Gasteiger charge is 2.13. The van der Waals surface area contributed by atoms with Gasteiger partial charge in [-0.05, 0) is 93.7 Å². The molecule has 4 aromatic carbocycles. The van der Waals surface area contributed by atoms with Gasteiger partial charge in [-0.25, -0.2) is 0 Å². The zero-order valence-corrected chi connectivity index (χ0v) is 25.4. The van der Waals surface area contributed by atoms with Crippen molar-refractivity contribution in [3.8, 4) is 46.1 Å². The van der Waals surface area contributed by atoms with E-state index in [1.807, 2.05) is 24.4 Å². The summed E-state index contributed by atoms with van der Waals surface area (Å²) in [4.78, 5) is 4.54. The first kappa shape index (κ1) is 28.7. The normalized spacial score (nSPS) is 11.2. The highest BCUT2D eigenvalue weighted by Crippen LogP contribution is 2.28. The maximum Gasteiger partial charge on any atom is 0.0702 e. The minimum absolute atomic E-state index is 0.116. The van der Waals surface area contributed by atoms with Gasteiger partial charge in [-0.3, -0.25) is 4.98 Å². The Morgan fingerprint density at radius 1 is 0.429 bits per heavy atom. The number of benzene rings is 4. The summed E-state index contributed by atoms with van der Waals surface area (Å²) in [5.74, 6) is 13.6. The van der Waals surface area contributed by atoms with Crippen molar-refractivity contribution in [2.24, 2.45) is 0 Å². The Labute approximate surface area is 251 Å². The smallest absolute Gasteiger partial charge is 0.0702 e. The summed E-state index contributed by atoms with van der Waals surface area (Å²) < 4.78 is 0. The molecule has 0 aliphatic heterocycles. The molecule has 0 atom stereocenters. The third-order valence-corrected chi connectivity index (χ3v) is 7.29. The summed E-state index contributed by atoms with van der Waals surface area (Å²) in [5, 5.41) is 0. The van der Waals surface area contributed by atoms with Gasteiger partial charge < -0.3 is 0 Å². The zero-order chi connectivity index (χ0) is 29.7. The van der Waals surface area contributed by atoms with Crippen molar-refractivity contribution in [3.05, 3.63) is 149 Å². The molecule has 42 heavy (non-hydrogen) atoms. The molecule has 5 rings (SSSR count). The Balaban J connectivity index is 1.53. The van der Waals surface area contributed by atoms with E-state index in [1.54, 1.807) is 0 Å². The number of hydrogen-bond donors (Lipinski definition) is 0. The van der Waals surface area contributed by atoms with Crippen molar-refractivity contribution >= 4 is 0 Å². The van der Waals surface area contributed by atoms with Gasteiger partial charge in [0.05, 0.1) is 5.69 Å². The van der Waals surface area contributed by atoms with Crippen molar-refractivity contribution in [2.45, 2.75) is 52.4 Å². The van der Waals surface area contributed by atoms with Crippen LogP contribution in [0.4, 0.5) is 0 Å². The molecule has 0 aliphatic rings. The van der Waals surface area contributed by atoms with Gasteiger partial charge in [-0.1, -0.05) is 114 Å². The van der Waals surface area contributed by atoms with Crippen LogP contribution in [-0.2, 0) is 10.8 Å². The highest BCUT2D eigenvalue weighted by atomic mass is 14.7. The second kappa shape index (κ2) is 11.9. The monoisotopic (exact) mass is 543 g/mol. The van der Waals surface area contributed by atoms with Crippen LogP contribution < -0.4 is 0 Å². The maximum absolute atomic E-state index is 4.54. The van der Waals surface area contributed by atoms with E-state index < -0.39 is 0 Å². The lowest BCUT2D eigenvalue weighted by atomic mass is 9.87. The predicted octanol–water partition coefficient (Wildman–Crippen LogP) is 9.81. The lowest BCUT2D eigenvalue weighted by Crippen LogP contribution is -2.10. The molecule has 1 heteroatoms. The third kappa shape index (κ3) is 7.26. The molecule has 0 spiro atoms. The fourth-order valence-corrected chi connectivity index (χ4v) is 4.73. The predicted molar refractivity (Wildman–Crippen MR) is 177 cm³/mol. The summed E-state index contributed by atoms with van der Waals surface area (Å²) in [7, 11) is 0. The average Bonchev–Trinajstić information content (AvgIpc) is 2.99. The molecule has 0 radical (unpaired) electrons. The van der Waals surface area contributed by atoms with Gasteiger partial charge in [0.1, 0.15) is 0 Å². The number of hydrogen-bond acceptors (Lipinski definition) is 1. The summed E-state index contributed by atoms with van der Waals surface area (Å²) in [5.41, 5.74) is 10.9. The topological polar surface area (TPSA) is 12.9 Å². The van der Waals surface area contributed by atoms with Gasteiger partial charge in [-0.2, -0.15) is 0 Å². The first-order chi connectivity index (χ1) is 20.0. The van der Waals surface area contributed by atoms with E-state index in [1.165, 1.54) is 11.1 Å². The van der Waals surface area contributed by atoms with Gasteiger partial charge in [0.15, 0.2) is 0 Å². The Kier molecular flexibility index (Phi) is 8.15. The van der Waals surface area contributed by atoms with Crippen LogP contribution in [0.5, 0.6) is 0 Å². The average molecular weight is 544 g/mol. The van der Waals surface area contributed by atoms with E-state index in [9.17, 15) is 0 Å². The largest absolute Gasteiger partial charge is 0.256 e. The Bertz CT molecular complexity index is 1710. The van der Waals surface area contributed by atoms with Crippen LogP contribution in [0, 0.1) is 23.7 Å². The van der Waals surface area contributed by atoms with Crippen LogP contribution in [0.3, 0.4) is 0 Å². The molecule has 0 bridgehead atoms. The van der Waals surface area contributed by atoms with Crippen LogP contribution in [0.1, 0.15) is 74.9 Å². The van der Waals surface area contributed by atoms with Crippen LogP contribution >= 0.6 is 0 Å². The zero-order valence-electron chi connectivity index (χ0n) is 25.4. The lowest BCUT2D eigenvalue weighted by molar-refractivity contribution is 0.590. The van der Waals surface area contributed by atoms with Crippen LogP contribution in [0.2, 0.25) is 0 Å². The van der Waals surface area contributed by atoms with E-state index in [0.29, 0.717) is 0 Å². The highest BCUT2D eigenvalue weighted by molar-refractivity contribution is 5.74. The molecule has 1 heterocycles. The molecule has 0 N–H and O–H groups in total. The molecular weight excluding hydrogens is 506 g/mol. The van der Waals surface area contributed by atoms with Gasteiger partial charge in [0, 0.05) is 34.0 Å². The Hall–Kier alpha value is -4.85. The fraction of sp³-hybridized carbons (Fsp3) is 0.195. The first-order valence-electron chi connectivity index (χ1n) is 14.5. The van der Waals surface area contributed by atoms with Crippen molar-refractivity contribution in [1.29, 1.82) is 0 Å². The third-order valence-electron chi connectivity index (χ3n) is 7.29. The van der Waals surface area contributed by atoms with Gasteiger partial charge in [0.25, 0.3) is 0 Å². The molecule has 1 aromatic heterocycles. The molecule has 1 nitrogen and oxygen atoms in total. The summed E-state index contributed by atoms with van der Waals surface area (Å²) in [6.07, 6.45) is 1.83. The molecule has 0 amide bonds.